The minimum Gasteiger partial charge on any atom is -0.381 e. The summed E-state index contributed by atoms with van der Waals surface area (Å²) < 4.78 is 7.62. The van der Waals surface area contributed by atoms with Crippen molar-refractivity contribution in [3.63, 3.8) is 0 Å². The lowest BCUT2D eigenvalue weighted by atomic mass is 9.96. The lowest BCUT2D eigenvalue weighted by Crippen LogP contribution is -2.19. The molecule has 3 aromatic rings. The predicted molar refractivity (Wildman–Crippen MR) is 83.9 cm³/mol. The van der Waals surface area contributed by atoms with Gasteiger partial charge in [-0.2, -0.15) is 0 Å². The Balaban J connectivity index is 1.79. The largest absolute Gasteiger partial charge is 0.381 e. The van der Waals surface area contributed by atoms with E-state index < -0.39 is 0 Å². The van der Waals surface area contributed by atoms with E-state index in [0.29, 0.717) is 5.92 Å². The molecule has 22 heavy (non-hydrogen) atoms. The third kappa shape index (κ3) is 2.48. The van der Waals surface area contributed by atoms with Crippen LogP contribution in [0.1, 0.15) is 18.7 Å². The summed E-state index contributed by atoms with van der Waals surface area (Å²) >= 11 is 0. The van der Waals surface area contributed by atoms with Crippen molar-refractivity contribution in [3.05, 3.63) is 48.7 Å². The van der Waals surface area contributed by atoms with Gasteiger partial charge in [0.1, 0.15) is 11.3 Å². The molecule has 0 radical (unpaired) electrons. The molecule has 0 N–H and O–H groups in total. The van der Waals surface area contributed by atoms with Gasteiger partial charge in [0.25, 0.3) is 0 Å². The van der Waals surface area contributed by atoms with Gasteiger partial charge in [0.05, 0.1) is 5.69 Å². The summed E-state index contributed by atoms with van der Waals surface area (Å²) in [5.41, 5.74) is 2.93. The molecule has 1 fully saturated rings. The molecule has 112 valence electrons. The Morgan fingerprint density at radius 1 is 1.09 bits per heavy atom. The molecule has 5 heteroatoms. The minimum absolute atomic E-state index is 0.631. The second-order valence-corrected chi connectivity index (χ2v) is 5.67. The minimum atomic E-state index is 0.631. The number of fused-ring (bicyclic) bond motifs is 1. The van der Waals surface area contributed by atoms with E-state index in [4.69, 9.17) is 9.72 Å². The maximum atomic E-state index is 5.46. The van der Waals surface area contributed by atoms with Crippen LogP contribution in [0.5, 0.6) is 0 Å². The topological polar surface area (TPSA) is 52.8 Å². The molecule has 4 heterocycles. The zero-order valence-electron chi connectivity index (χ0n) is 12.4. The number of rotatable bonds is 3. The van der Waals surface area contributed by atoms with Gasteiger partial charge in [0.15, 0.2) is 5.65 Å². The van der Waals surface area contributed by atoms with Gasteiger partial charge >= 0.3 is 0 Å². The molecule has 0 saturated carbocycles. The summed E-state index contributed by atoms with van der Waals surface area (Å²) in [6.07, 6.45) is 8.60. The third-order valence-corrected chi connectivity index (χ3v) is 4.22. The zero-order valence-corrected chi connectivity index (χ0v) is 12.4. The summed E-state index contributed by atoms with van der Waals surface area (Å²) in [6, 6.07) is 7.96. The summed E-state index contributed by atoms with van der Waals surface area (Å²) in [4.78, 5) is 13.5. The highest BCUT2D eigenvalue weighted by Gasteiger charge is 2.20. The molecule has 0 aliphatic carbocycles. The zero-order chi connectivity index (χ0) is 14.8. The molecule has 4 rings (SSSR count). The van der Waals surface area contributed by atoms with E-state index in [-0.39, 0.29) is 0 Å². The first kappa shape index (κ1) is 13.4. The van der Waals surface area contributed by atoms with Gasteiger partial charge in [0, 0.05) is 38.2 Å². The molecular weight excluding hydrogens is 276 g/mol. The van der Waals surface area contributed by atoms with Gasteiger partial charge in [-0.15, -0.1) is 0 Å². The maximum Gasteiger partial charge on any atom is 0.164 e. The Morgan fingerprint density at radius 2 is 1.91 bits per heavy atom. The molecule has 0 unspecified atom stereocenters. The average molecular weight is 294 g/mol. The van der Waals surface area contributed by atoms with Crippen LogP contribution in [-0.4, -0.2) is 32.7 Å². The number of pyridine rings is 2. The van der Waals surface area contributed by atoms with Gasteiger partial charge in [-0.25, -0.2) is 9.97 Å². The number of aromatic nitrogens is 4. The van der Waals surface area contributed by atoms with Crippen molar-refractivity contribution in [2.75, 3.05) is 13.2 Å². The molecular formula is C17H18N4O. The summed E-state index contributed by atoms with van der Waals surface area (Å²) in [5, 5.41) is 0. The molecule has 5 nitrogen and oxygen atoms in total. The van der Waals surface area contributed by atoms with Crippen LogP contribution >= 0.6 is 0 Å². The SMILES string of the molecule is c1cnc2c(c1)nc(CC1CCOCC1)n2-c1ccncc1. The summed E-state index contributed by atoms with van der Waals surface area (Å²) in [5.74, 6) is 1.71. The first-order valence-corrected chi connectivity index (χ1v) is 7.72. The lowest BCUT2D eigenvalue weighted by molar-refractivity contribution is 0.0659. The Hall–Kier alpha value is -2.27. The average Bonchev–Trinajstić information content (AvgIpc) is 2.94. The number of ether oxygens (including phenoxy) is 1. The highest BCUT2D eigenvalue weighted by atomic mass is 16.5. The molecule has 0 spiro atoms. The van der Waals surface area contributed by atoms with Crippen LogP contribution in [0.25, 0.3) is 16.9 Å². The van der Waals surface area contributed by atoms with Crippen molar-refractivity contribution in [2.24, 2.45) is 5.92 Å². The van der Waals surface area contributed by atoms with E-state index in [9.17, 15) is 0 Å². The van der Waals surface area contributed by atoms with Crippen LogP contribution in [0, 0.1) is 5.92 Å². The number of nitrogens with zero attached hydrogens (tertiary/aromatic N) is 4. The fraction of sp³-hybridized carbons (Fsp3) is 0.353. The van der Waals surface area contributed by atoms with E-state index >= 15 is 0 Å². The van der Waals surface area contributed by atoms with Crippen LogP contribution in [0.4, 0.5) is 0 Å². The maximum absolute atomic E-state index is 5.46. The van der Waals surface area contributed by atoms with E-state index in [1.165, 1.54) is 0 Å². The first-order chi connectivity index (χ1) is 10.9. The lowest BCUT2D eigenvalue weighted by Gasteiger charge is -2.22. The smallest absolute Gasteiger partial charge is 0.164 e. The Bertz CT molecular complexity index is 763. The second-order valence-electron chi connectivity index (χ2n) is 5.67. The van der Waals surface area contributed by atoms with E-state index in [1.54, 1.807) is 0 Å². The molecule has 1 saturated heterocycles. The van der Waals surface area contributed by atoms with Gasteiger partial charge in [0.2, 0.25) is 0 Å². The first-order valence-electron chi connectivity index (χ1n) is 7.72. The number of hydrogen-bond donors (Lipinski definition) is 0. The van der Waals surface area contributed by atoms with Gasteiger partial charge < -0.3 is 4.74 Å². The van der Waals surface area contributed by atoms with Crippen molar-refractivity contribution < 1.29 is 4.74 Å². The Kier molecular flexibility index (Phi) is 3.56. The summed E-state index contributed by atoms with van der Waals surface area (Å²) in [6.45, 7) is 1.72. The second kappa shape index (κ2) is 5.85. The molecule has 0 aromatic carbocycles. The molecule has 1 aliphatic heterocycles. The Labute approximate surface area is 129 Å². The van der Waals surface area contributed by atoms with Gasteiger partial charge in [-0.05, 0) is 43.0 Å². The fourth-order valence-electron chi connectivity index (χ4n) is 3.07. The van der Waals surface area contributed by atoms with E-state index in [2.05, 4.69) is 14.5 Å². The highest BCUT2D eigenvalue weighted by molar-refractivity contribution is 5.73. The van der Waals surface area contributed by atoms with Crippen molar-refractivity contribution in [3.8, 4) is 5.69 Å². The third-order valence-electron chi connectivity index (χ3n) is 4.22. The van der Waals surface area contributed by atoms with Crippen molar-refractivity contribution in [2.45, 2.75) is 19.3 Å². The monoisotopic (exact) mass is 294 g/mol. The molecule has 0 bridgehead atoms. The number of imidazole rings is 1. The van der Waals surface area contributed by atoms with Crippen molar-refractivity contribution >= 4 is 11.2 Å². The van der Waals surface area contributed by atoms with Crippen LogP contribution in [-0.2, 0) is 11.2 Å². The molecule has 0 atom stereocenters. The predicted octanol–water partition coefficient (Wildman–Crippen LogP) is 2.78. The standard InChI is InChI=1S/C17H18N4O/c1-2-15-17(19-7-1)21(14-3-8-18-9-4-14)16(20-15)12-13-5-10-22-11-6-13/h1-4,7-9,13H,5-6,10-12H2. The summed E-state index contributed by atoms with van der Waals surface area (Å²) in [7, 11) is 0. The van der Waals surface area contributed by atoms with Gasteiger partial charge in [-0.1, -0.05) is 0 Å². The number of hydrogen-bond acceptors (Lipinski definition) is 4. The highest BCUT2D eigenvalue weighted by Crippen LogP contribution is 2.25. The van der Waals surface area contributed by atoms with Crippen molar-refractivity contribution in [1.29, 1.82) is 0 Å². The quantitative estimate of drug-likeness (QED) is 0.745. The Morgan fingerprint density at radius 3 is 2.73 bits per heavy atom. The van der Waals surface area contributed by atoms with Crippen molar-refractivity contribution in [1.82, 2.24) is 19.5 Å². The van der Waals surface area contributed by atoms with Crippen LogP contribution in [0.3, 0.4) is 0 Å². The normalized spacial score (nSPS) is 16.2. The van der Waals surface area contributed by atoms with E-state index in [1.807, 2.05) is 42.9 Å². The van der Waals surface area contributed by atoms with E-state index in [0.717, 1.165) is 55.2 Å². The molecule has 1 aliphatic rings. The van der Waals surface area contributed by atoms with Crippen LogP contribution < -0.4 is 0 Å². The molecule has 3 aromatic heterocycles. The van der Waals surface area contributed by atoms with Crippen LogP contribution in [0.2, 0.25) is 0 Å². The van der Waals surface area contributed by atoms with Crippen LogP contribution in [0.15, 0.2) is 42.9 Å². The van der Waals surface area contributed by atoms with Gasteiger partial charge in [-0.3, -0.25) is 9.55 Å². The fourth-order valence-corrected chi connectivity index (χ4v) is 3.07. The molecule has 0 amide bonds.